The van der Waals surface area contributed by atoms with Crippen LogP contribution in [0.2, 0.25) is 0 Å². The smallest absolute Gasteiger partial charge is 0.251 e. The zero-order valence-electron chi connectivity index (χ0n) is 14.4. The maximum Gasteiger partial charge on any atom is 0.251 e. The first kappa shape index (κ1) is 18.7. The Morgan fingerprint density at radius 2 is 1.78 bits per heavy atom. The van der Waals surface area contributed by atoms with Crippen molar-refractivity contribution in [2.45, 2.75) is 6.54 Å². The second-order valence-corrected chi connectivity index (χ2v) is 6.67. The summed E-state index contributed by atoms with van der Waals surface area (Å²) in [5.74, 6) is 0.226. The van der Waals surface area contributed by atoms with Crippen molar-refractivity contribution >= 4 is 39.1 Å². The highest BCUT2D eigenvalue weighted by Gasteiger charge is 2.09. The van der Waals surface area contributed by atoms with Gasteiger partial charge in [-0.1, -0.05) is 28.1 Å². The molecule has 0 fully saturated rings. The largest absolute Gasteiger partial charge is 0.467 e. The van der Waals surface area contributed by atoms with Crippen molar-refractivity contribution in [1.82, 2.24) is 5.32 Å². The lowest BCUT2D eigenvalue weighted by atomic mass is 10.2. The Morgan fingerprint density at radius 1 is 0.963 bits per heavy atom. The van der Waals surface area contributed by atoms with Crippen molar-refractivity contribution < 1.29 is 14.0 Å². The molecule has 0 saturated heterocycles. The van der Waals surface area contributed by atoms with Gasteiger partial charge in [-0.2, -0.15) is 0 Å². The fourth-order valence-electron chi connectivity index (χ4n) is 2.41. The molecule has 3 aromatic rings. The molecule has 27 heavy (non-hydrogen) atoms. The normalized spacial score (nSPS) is 10.3. The minimum atomic E-state index is -0.241. The number of nitrogens with one attached hydrogen (secondary N) is 3. The molecule has 0 saturated carbocycles. The van der Waals surface area contributed by atoms with Crippen molar-refractivity contribution in [3.8, 4) is 0 Å². The molecule has 0 aliphatic rings. The van der Waals surface area contributed by atoms with Gasteiger partial charge in [-0.3, -0.25) is 9.59 Å². The molecule has 0 radical (unpaired) electrons. The molecule has 0 aliphatic heterocycles. The number of halogens is 1. The monoisotopic (exact) mass is 427 g/mol. The molecule has 3 N–H and O–H groups in total. The van der Waals surface area contributed by atoms with Gasteiger partial charge in [-0.05, 0) is 48.5 Å². The summed E-state index contributed by atoms with van der Waals surface area (Å²) < 4.78 is 6.12. The van der Waals surface area contributed by atoms with E-state index in [1.807, 2.05) is 24.3 Å². The van der Waals surface area contributed by atoms with E-state index >= 15 is 0 Å². The Bertz CT molecular complexity index is 926. The van der Waals surface area contributed by atoms with Gasteiger partial charge in [0.1, 0.15) is 5.76 Å². The van der Waals surface area contributed by atoms with E-state index in [9.17, 15) is 9.59 Å². The van der Waals surface area contributed by atoms with Crippen LogP contribution in [0.25, 0.3) is 0 Å². The molecule has 0 atom stereocenters. The van der Waals surface area contributed by atoms with E-state index in [0.29, 0.717) is 23.6 Å². The Labute approximate surface area is 165 Å². The Balaban J connectivity index is 1.53. The number of anilines is 2. The quantitative estimate of drug-likeness (QED) is 0.531. The van der Waals surface area contributed by atoms with Gasteiger partial charge in [0.05, 0.1) is 19.4 Å². The minimum absolute atomic E-state index is 0.116. The number of carbonyl (C=O) groups is 2. The molecule has 3 rings (SSSR count). The van der Waals surface area contributed by atoms with E-state index in [4.69, 9.17) is 4.42 Å². The number of hydrogen-bond acceptors (Lipinski definition) is 4. The standard InChI is InChI=1S/C20H18BrN3O3/c21-15-5-2-6-16(11-15)22-13-19(25)24-17-7-1-4-14(10-17)20(26)23-12-18-8-3-9-27-18/h1-11,22H,12-13H2,(H,23,26)(H,24,25). The lowest BCUT2D eigenvalue weighted by Crippen LogP contribution is -2.24. The maximum absolute atomic E-state index is 12.2. The van der Waals surface area contributed by atoms with Gasteiger partial charge in [0.15, 0.2) is 0 Å². The Morgan fingerprint density at radius 3 is 2.56 bits per heavy atom. The minimum Gasteiger partial charge on any atom is -0.467 e. The average Bonchev–Trinajstić information content (AvgIpc) is 3.18. The van der Waals surface area contributed by atoms with E-state index in [-0.39, 0.29) is 18.4 Å². The third-order valence-electron chi connectivity index (χ3n) is 3.69. The van der Waals surface area contributed by atoms with Crippen LogP contribution >= 0.6 is 15.9 Å². The highest BCUT2D eigenvalue weighted by atomic mass is 79.9. The summed E-state index contributed by atoms with van der Waals surface area (Å²) in [6, 6.07) is 17.9. The second kappa shape index (κ2) is 9.05. The first-order chi connectivity index (χ1) is 13.1. The fourth-order valence-corrected chi connectivity index (χ4v) is 2.81. The van der Waals surface area contributed by atoms with Crippen LogP contribution in [-0.2, 0) is 11.3 Å². The van der Waals surface area contributed by atoms with E-state index in [1.165, 1.54) is 0 Å². The fraction of sp³-hybridized carbons (Fsp3) is 0.100. The van der Waals surface area contributed by atoms with Gasteiger partial charge in [0.2, 0.25) is 5.91 Å². The van der Waals surface area contributed by atoms with Crippen LogP contribution in [0.5, 0.6) is 0 Å². The summed E-state index contributed by atoms with van der Waals surface area (Å²) in [5.41, 5.74) is 1.85. The van der Waals surface area contributed by atoms with Crippen molar-refractivity contribution in [1.29, 1.82) is 0 Å². The summed E-state index contributed by atoms with van der Waals surface area (Å²) in [4.78, 5) is 24.4. The number of rotatable bonds is 7. The summed E-state index contributed by atoms with van der Waals surface area (Å²) in [7, 11) is 0. The van der Waals surface area contributed by atoms with Crippen LogP contribution in [-0.4, -0.2) is 18.4 Å². The molecule has 0 aliphatic carbocycles. The summed E-state index contributed by atoms with van der Waals surface area (Å²) in [5, 5.41) is 8.60. The second-order valence-electron chi connectivity index (χ2n) is 5.75. The van der Waals surface area contributed by atoms with Crippen molar-refractivity contribution in [3.63, 3.8) is 0 Å². The third kappa shape index (κ3) is 5.72. The van der Waals surface area contributed by atoms with Gasteiger partial charge >= 0.3 is 0 Å². The van der Waals surface area contributed by atoms with Crippen molar-refractivity contribution in [3.05, 3.63) is 82.7 Å². The molecule has 0 unspecified atom stereocenters. The predicted molar refractivity (Wildman–Crippen MR) is 108 cm³/mol. The van der Waals surface area contributed by atoms with Gasteiger partial charge < -0.3 is 20.4 Å². The Hall–Kier alpha value is -3.06. The molecule has 138 valence electrons. The molecule has 2 amide bonds. The molecule has 7 heteroatoms. The average molecular weight is 428 g/mol. The number of hydrogen-bond donors (Lipinski definition) is 3. The van der Waals surface area contributed by atoms with Gasteiger partial charge in [-0.15, -0.1) is 0 Å². The van der Waals surface area contributed by atoms with E-state index in [0.717, 1.165) is 10.2 Å². The van der Waals surface area contributed by atoms with Gasteiger partial charge in [-0.25, -0.2) is 0 Å². The molecular formula is C20H18BrN3O3. The zero-order chi connectivity index (χ0) is 19.1. The molecular weight excluding hydrogens is 410 g/mol. The lowest BCUT2D eigenvalue weighted by molar-refractivity contribution is -0.114. The maximum atomic E-state index is 12.2. The predicted octanol–water partition coefficient (Wildman–Crippen LogP) is 4.02. The number of amides is 2. The number of carbonyl (C=O) groups excluding carboxylic acids is 2. The van der Waals surface area contributed by atoms with E-state index < -0.39 is 0 Å². The number of benzene rings is 2. The topological polar surface area (TPSA) is 83.4 Å². The highest BCUT2D eigenvalue weighted by molar-refractivity contribution is 9.10. The van der Waals surface area contributed by atoms with E-state index in [1.54, 1.807) is 42.7 Å². The van der Waals surface area contributed by atoms with E-state index in [2.05, 4.69) is 31.9 Å². The molecule has 1 heterocycles. The molecule has 6 nitrogen and oxygen atoms in total. The third-order valence-corrected chi connectivity index (χ3v) is 4.18. The Kier molecular flexibility index (Phi) is 6.27. The van der Waals surface area contributed by atoms with Crippen molar-refractivity contribution in [2.24, 2.45) is 0 Å². The molecule has 0 bridgehead atoms. The van der Waals surface area contributed by atoms with Crippen LogP contribution in [0.1, 0.15) is 16.1 Å². The summed E-state index contributed by atoms with van der Waals surface area (Å²) in [6.45, 7) is 0.421. The molecule has 0 spiro atoms. The lowest BCUT2D eigenvalue weighted by Gasteiger charge is -2.09. The number of furan rings is 1. The van der Waals surface area contributed by atoms with Crippen LogP contribution in [0.15, 0.2) is 75.8 Å². The molecule has 1 aromatic heterocycles. The van der Waals surface area contributed by atoms with Gasteiger partial charge in [0.25, 0.3) is 5.91 Å². The highest BCUT2D eigenvalue weighted by Crippen LogP contribution is 2.15. The zero-order valence-corrected chi connectivity index (χ0v) is 16.0. The van der Waals surface area contributed by atoms with Crippen molar-refractivity contribution in [2.75, 3.05) is 17.2 Å². The molecule has 2 aromatic carbocycles. The first-order valence-corrected chi connectivity index (χ1v) is 9.09. The van der Waals surface area contributed by atoms with Crippen LogP contribution in [0, 0.1) is 0 Å². The SMILES string of the molecule is O=C(CNc1cccc(Br)c1)Nc1cccc(C(=O)NCc2ccco2)c1. The summed E-state index contributed by atoms with van der Waals surface area (Å²) >= 11 is 3.39. The van der Waals surface area contributed by atoms with Crippen LogP contribution < -0.4 is 16.0 Å². The van der Waals surface area contributed by atoms with Gasteiger partial charge in [0, 0.05) is 21.4 Å². The first-order valence-electron chi connectivity index (χ1n) is 8.30. The van der Waals surface area contributed by atoms with Crippen LogP contribution in [0.4, 0.5) is 11.4 Å². The summed E-state index contributed by atoms with van der Waals surface area (Å²) in [6.07, 6.45) is 1.56. The van der Waals surface area contributed by atoms with Crippen LogP contribution in [0.3, 0.4) is 0 Å².